The van der Waals surface area contributed by atoms with Gasteiger partial charge in [0.2, 0.25) is 10.0 Å². The zero-order valence-electron chi connectivity index (χ0n) is 16.7. The predicted octanol–water partition coefficient (Wildman–Crippen LogP) is 2.54. The SMILES string of the molecule is CCOc1ccc(S(=O)(=O)N2CCC(NC(=O)c3ccc4nc[nH]c4c3)CC2)cc1. The maximum Gasteiger partial charge on any atom is 0.251 e. The molecule has 1 aromatic heterocycles. The first kappa shape index (κ1) is 20.4. The van der Waals surface area contributed by atoms with Crippen LogP contribution in [0.1, 0.15) is 30.1 Å². The van der Waals surface area contributed by atoms with E-state index < -0.39 is 10.0 Å². The Hall–Kier alpha value is -2.91. The Morgan fingerprint density at radius 3 is 2.63 bits per heavy atom. The molecule has 1 aliphatic rings. The van der Waals surface area contributed by atoms with Crippen LogP contribution in [0, 0.1) is 0 Å². The van der Waals surface area contributed by atoms with Crippen molar-refractivity contribution in [1.29, 1.82) is 0 Å². The lowest BCUT2D eigenvalue weighted by molar-refractivity contribution is 0.0924. The Morgan fingerprint density at radius 2 is 1.93 bits per heavy atom. The van der Waals surface area contributed by atoms with Gasteiger partial charge in [-0.3, -0.25) is 4.79 Å². The van der Waals surface area contributed by atoms with Crippen LogP contribution in [-0.4, -0.2) is 54.3 Å². The normalized spacial score (nSPS) is 15.9. The lowest BCUT2D eigenvalue weighted by atomic mass is 10.1. The Kier molecular flexibility index (Phi) is 5.74. The maximum absolute atomic E-state index is 12.9. The molecular formula is C21H24N4O4S. The van der Waals surface area contributed by atoms with Gasteiger partial charge in [0.25, 0.3) is 5.91 Å². The van der Waals surface area contributed by atoms with Crippen LogP contribution in [0.2, 0.25) is 0 Å². The van der Waals surface area contributed by atoms with Crippen LogP contribution in [-0.2, 0) is 10.0 Å². The van der Waals surface area contributed by atoms with Gasteiger partial charge in [0.05, 0.1) is 28.9 Å². The van der Waals surface area contributed by atoms with E-state index in [1.54, 1.807) is 48.8 Å². The number of ether oxygens (including phenoxy) is 1. The van der Waals surface area contributed by atoms with Gasteiger partial charge in [-0.2, -0.15) is 4.31 Å². The third-order valence-corrected chi connectivity index (χ3v) is 7.16. The molecule has 2 heterocycles. The van der Waals surface area contributed by atoms with E-state index in [1.807, 2.05) is 6.92 Å². The number of fused-ring (bicyclic) bond motifs is 1. The number of aromatic amines is 1. The zero-order valence-corrected chi connectivity index (χ0v) is 17.5. The highest BCUT2D eigenvalue weighted by Crippen LogP contribution is 2.23. The third kappa shape index (κ3) is 4.17. The van der Waals surface area contributed by atoms with Gasteiger partial charge >= 0.3 is 0 Å². The molecule has 158 valence electrons. The molecule has 30 heavy (non-hydrogen) atoms. The number of H-pyrrole nitrogens is 1. The van der Waals surface area contributed by atoms with Crippen LogP contribution < -0.4 is 10.1 Å². The molecule has 0 unspecified atom stereocenters. The smallest absolute Gasteiger partial charge is 0.251 e. The van der Waals surface area contributed by atoms with Crippen molar-refractivity contribution < 1.29 is 17.9 Å². The molecule has 1 aliphatic heterocycles. The van der Waals surface area contributed by atoms with Crippen molar-refractivity contribution in [3.63, 3.8) is 0 Å². The molecule has 0 bridgehead atoms. The van der Waals surface area contributed by atoms with E-state index >= 15 is 0 Å². The average Bonchev–Trinajstić information content (AvgIpc) is 3.23. The van der Waals surface area contributed by atoms with Crippen molar-refractivity contribution in [2.45, 2.75) is 30.7 Å². The summed E-state index contributed by atoms with van der Waals surface area (Å²) in [5.41, 5.74) is 2.16. The van der Waals surface area contributed by atoms with Gasteiger partial charge in [0.1, 0.15) is 5.75 Å². The molecule has 2 N–H and O–H groups in total. The second kappa shape index (κ2) is 8.45. The summed E-state index contributed by atoms with van der Waals surface area (Å²) >= 11 is 0. The van der Waals surface area contributed by atoms with E-state index in [1.165, 1.54) is 4.31 Å². The highest BCUT2D eigenvalue weighted by atomic mass is 32.2. The Morgan fingerprint density at radius 1 is 1.20 bits per heavy atom. The summed E-state index contributed by atoms with van der Waals surface area (Å²) in [6.07, 6.45) is 2.72. The van der Waals surface area contributed by atoms with Gasteiger partial charge in [-0.1, -0.05) is 0 Å². The van der Waals surface area contributed by atoms with Gasteiger partial charge in [-0.05, 0) is 62.2 Å². The van der Waals surface area contributed by atoms with Crippen molar-refractivity contribution in [1.82, 2.24) is 19.6 Å². The molecule has 0 radical (unpaired) electrons. The van der Waals surface area contributed by atoms with Crippen LogP contribution in [0.25, 0.3) is 11.0 Å². The highest BCUT2D eigenvalue weighted by molar-refractivity contribution is 7.89. The number of carbonyl (C=O) groups is 1. The molecular weight excluding hydrogens is 404 g/mol. The van der Waals surface area contributed by atoms with E-state index in [9.17, 15) is 13.2 Å². The molecule has 1 amide bonds. The fourth-order valence-electron chi connectivity index (χ4n) is 3.61. The van der Waals surface area contributed by atoms with E-state index in [-0.39, 0.29) is 16.8 Å². The molecule has 2 aromatic carbocycles. The van der Waals surface area contributed by atoms with Crippen LogP contribution in [0.4, 0.5) is 0 Å². The van der Waals surface area contributed by atoms with Gasteiger partial charge < -0.3 is 15.0 Å². The largest absolute Gasteiger partial charge is 0.494 e. The number of benzene rings is 2. The zero-order chi connectivity index (χ0) is 21.1. The van der Waals surface area contributed by atoms with Gasteiger partial charge in [0.15, 0.2) is 0 Å². The number of carbonyl (C=O) groups excluding carboxylic acids is 1. The minimum absolute atomic E-state index is 0.0678. The second-order valence-corrected chi connectivity index (χ2v) is 9.13. The summed E-state index contributed by atoms with van der Waals surface area (Å²) in [6, 6.07) is 11.7. The number of rotatable bonds is 6. The van der Waals surface area contributed by atoms with Crippen LogP contribution >= 0.6 is 0 Å². The number of hydrogen-bond donors (Lipinski definition) is 2. The summed E-state index contributed by atoms with van der Waals surface area (Å²) in [4.78, 5) is 20.0. The Balaban J connectivity index is 1.36. The molecule has 8 nitrogen and oxygen atoms in total. The highest BCUT2D eigenvalue weighted by Gasteiger charge is 2.30. The first-order chi connectivity index (χ1) is 14.5. The molecule has 9 heteroatoms. The minimum atomic E-state index is -3.56. The molecule has 0 atom stereocenters. The lowest BCUT2D eigenvalue weighted by Gasteiger charge is -2.31. The quantitative estimate of drug-likeness (QED) is 0.628. The predicted molar refractivity (Wildman–Crippen MR) is 113 cm³/mol. The van der Waals surface area contributed by atoms with Crippen molar-refractivity contribution in [2.75, 3.05) is 19.7 Å². The summed E-state index contributed by atoms with van der Waals surface area (Å²) in [6.45, 7) is 3.13. The molecule has 0 aliphatic carbocycles. The van der Waals surface area contributed by atoms with E-state index in [4.69, 9.17) is 4.74 Å². The molecule has 0 spiro atoms. The summed E-state index contributed by atoms with van der Waals surface area (Å²) in [5.74, 6) is 0.477. The molecule has 0 saturated carbocycles. The molecule has 1 saturated heterocycles. The standard InChI is InChI=1S/C21H24N4O4S/c1-2-29-17-4-6-18(7-5-17)30(27,28)25-11-9-16(10-12-25)24-21(26)15-3-8-19-20(13-15)23-14-22-19/h3-8,13-14,16H,2,9-12H2,1H3,(H,22,23)(H,24,26). The number of aromatic nitrogens is 2. The maximum atomic E-state index is 12.9. The molecule has 3 aromatic rings. The second-order valence-electron chi connectivity index (χ2n) is 7.19. The Labute approximate surface area is 175 Å². The van der Waals surface area contributed by atoms with E-state index in [0.717, 1.165) is 11.0 Å². The van der Waals surface area contributed by atoms with E-state index in [2.05, 4.69) is 15.3 Å². The summed E-state index contributed by atoms with van der Waals surface area (Å²) in [7, 11) is -3.56. The number of sulfonamides is 1. The number of nitrogens with one attached hydrogen (secondary N) is 2. The molecule has 4 rings (SSSR count). The van der Waals surface area contributed by atoms with E-state index in [0.29, 0.717) is 43.9 Å². The topological polar surface area (TPSA) is 104 Å². The first-order valence-electron chi connectivity index (χ1n) is 9.94. The monoisotopic (exact) mass is 428 g/mol. The van der Waals surface area contributed by atoms with Crippen LogP contribution in [0.5, 0.6) is 5.75 Å². The fraction of sp³-hybridized carbons (Fsp3) is 0.333. The Bertz CT molecular complexity index is 1130. The number of imidazole rings is 1. The van der Waals surface area contributed by atoms with Crippen molar-refractivity contribution >= 4 is 27.0 Å². The van der Waals surface area contributed by atoms with Crippen LogP contribution in [0.3, 0.4) is 0 Å². The lowest BCUT2D eigenvalue weighted by Crippen LogP contribution is -2.46. The first-order valence-corrected chi connectivity index (χ1v) is 11.4. The van der Waals surface area contributed by atoms with Gasteiger partial charge in [-0.25, -0.2) is 13.4 Å². The minimum Gasteiger partial charge on any atom is -0.494 e. The van der Waals surface area contributed by atoms with Gasteiger partial charge in [-0.15, -0.1) is 0 Å². The third-order valence-electron chi connectivity index (χ3n) is 5.24. The van der Waals surface area contributed by atoms with Gasteiger partial charge in [0, 0.05) is 24.7 Å². The van der Waals surface area contributed by atoms with Crippen molar-refractivity contribution in [3.8, 4) is 5.75 Å². The van der Waals surface area contributed by atoms with Crippen LogP contribution in [0.15, 0.2) is 53.7 Å². The number of hydrogen-bond acceptors (Lipinski definition) is 5. The fourth-order valence-corrected chi connectivity index (χ4v) is 5.08. The molecule has 1 fully saturated rings. The van der Waals surface area contributed by atoms with Crippen molar-refractivity contribution in [3.05, 3.63) is 54.4 Å². The number of amides is 1. The average molecular weight is 429 g/mol. The number of piperidine rings is 1. The summed E-state index contributed by atoms with van der Waals surface area (Å²) in [5, 5.41) is 3.01. The number of nitrogens with zero attached hydrogens (tertiary/aromatic N) is 2. The van der Waals surface area contributed by atoms with Crippen molar-refractivity contribution in [2.24, 2.45) is 0 Å². The summed E-state index contributed by atoms with van der Waals surface area (Å²) < 4.78 is 32.6.